The van der Waals surface area contributed by atoms with Crippen molar-refractivity contribution in [3.8, 4) is 0 Å². The maximum Gasteiger partial charge on any atom is 0.190 e. The minimum Gasteiger partial charge on any atom is -0.387 e. The van der Waals surface area contributed by atoms with Crippen LogP contribution >= 0.6 is 0 Å². The molecule has 3 saturated carbocycles. The van der Waals surface area contributed by atoms with E-state index in [-0.39, 0.29) is 35.4 Å². The fourth-order valence-electron chi connectivity index (χ4n) is 12.7. The van der Waals surface area contributed by atoms with Crippen LogP contribution < -0.4 is 0 Å². The number of methoxy groups -OCH3 is 1. The van der Waals surface area contributed by atoms with Gasteiger partial charge in [0, 0.05) is 47.5 Å². The molecule has 0 radical (unpaired) electrons. The monoisotopic (exact) mass is 629 g/mol. The topological polar surface area (TPSA) is 106 Å². The first kappa shape index (κ1) is 28.9. The van der Waals surface area contributed by atoms with Crippen LogP contribution in [0.1, 0.15) is 95.4 Å². The zero-order chi connectivity index (χ0) is 32.1. The van der Waals surface area contributed by atoms with Gasteiger partial charge in [-0.2, -0.15) is 0 Å². The fraction of sp³-hybridized carbons (Fsp3) is 0.684. The van der Waals surface area contributed by atoms with E-state index in [9.17, 15) is 10.2 Å². The summed E-state index contributed by atoms with van der Waals surface area (Å²) in [5.41, 5.74) is 3.93. The van der Waals surface area contributed by atoms with Crippen LogP contribution in [0.3, 0.4) is 0 Å². The number of H-pyrrole nitrogens is 1. The van der Waals surface area contributed by atoms with Gasteiger partial charge in [-0.3, -0.25) is 0 Å². The van der Waals surface area contributed by atoms with Crippen molar-refractivity contribution in [2.75, 3.05) is 7.11 Å². The van der Waals surface area contributed by atoms with Gasteiger partial charge in [-0.25, -0.2) is 0 Å². The quantitative estimate of drug-likeness (QED) is 0.294. The first-order valence-corrected chi connectivity index (χ1v) is 17.4. The van der Waals surface area contributed by atoms with Crippen LogP contribution in [0.4, 0.5) is 0 Å². The normalized spacial score (nSPS) is 51.9. The Balaban J connectivity index is 1.21. The van der Waals surface area contributed by atoms with Crippen molar-refractivity contribution in [3.63, 3.8) is 0 Å². The van der Waals surface area contributed by atoms with E-state index < -0.39 is 46.5 Å². The molecule has 2 unspecified atom stereocenters. The van der Waals surface area contributed by atoms with Crippen molar-refractivity contribution < 1.29 is 33.9 Å². The van der Waals surface area contributed by atoms with E-state index in [1.807, 2.05) is 6.92 Å². The van der Waals surface area contributed by atoms with Crippen LogP contribution in [-0.4, -0.2) is 63.7 Å². The van der Waals surface area contributed by atoms with Crippen molar-refractivity contribution in [2.24, 2.45) is 23.2 Å². The number of aromatic amines is 1. The largest absolute Gasteiger partial charge is 0.387 e. The molecule has 2 saturated heterocycles. The third-order valence-corrected chi connectivity index (χ3v) is 15.1. The number of rotatable bonds is 2. The molecule has 2 aromatic rings. The van der Waals surface area contributed by atoms with Crippen LogP contribution in [0, 0.1) is 23.2 Å². The van der Waals surface area contributed by atoms with Crippen molar-refractivity contribution in [1.29, 1.82) is 0 Å². The molecule has 13 atom stereocenters. The van der Waals surface area contributed by atoms with Gasteiger partial charge in [0.25, 0.3) is 0 Å². The molecule has 246 valence electrons. The highest BCUT2D eigenvalue weighted by Crippen LogP contribution is 2.75. The summed E-state index contributed by atoms with van der Waals surface area (Å²) in [4.78, 5) is 3.94. The molecule has 0 amide bonds. The van der Waals surface area contributed by atoms with Gasteiger partial charge in [-0.15, -0.1) is 0 Å². The number of aliphatic hydroxyl groups excluding tert-OH is 1. The van der Waals surface area contributed by atoms with Crippen LogP contribution in [0.25, 0.3) is 10.9 Å². The molecule has 0 bridgehead atoms. The van der Waals surface area contributed by atoms with E-state index in [0.717, 1.165) is 76.5 Å². The summed E-state index contributed by atoms with van der Waals surface area (Å²) < 4.78 is 34.3. The Morgan fingerprint density at radius 3 is 2.59 bits per heavy atom. The van der Waals surface area contributed by atoms with Crippen molar-refractivity contribution in [2.45, 2.75) is 132 Å². The summed E-state index contributed by atoms with van der Waals surface area (Å²) in [7, 11) is 1.78. The molecule has 1 spiro atoms. The lowest BCUT2D eigenvalue weighted by Crippen LogP contribution is -2.74. The Labute approximate surface area is 270 Å². The SMILES string of the molecule is C=C(C)[C@H]1OC2CC[C@@]3(C)C(CC[C@]4(OC)O[C@@H]5OC(C)(C)[C@H]6C[C@@H]7C(=C)Cc8ccc9[nH]c(c5c9c8[C@@]76O)[C@@]43C)[C@]23O[C@@H]3[C@H]1O. The minimum absolute atomic E-state index is 0.00870. The first-order chi connectivity index (χ1) is 21.7. The predicted octanol–water partition coefficient (Wildman–Crippen LogP) is 5.59. The van der Waals surface area contributed by atoms with Crippen LogP contribution in [0.2, 0.25) is 0 Å². The van der Waals surface area contributed by atoms with Gasteiger partial charge in [0.2, 0.25) is 0 Å². The van der Waals surface area contributed by atoms with Gasteiger partial charge >= 0.3 is 0 Å². The molecule has 8 aliphatic rings. The van der Waals surface area contributed by atoms with Crippen molar-refractivity contribution >= 4 is 10.9 Å². The Kier molecular flexibility index (Phi) is 5.17. The Morgan fingerprint density at radius 2 is 1.85 bits per heavy atom. The van der Waals surface area contributed by atoms with Crippen molar-refractivity contribution in [1.82, 2.24) is 4.98 Å². The molecule has 5 heterocycles. The molecule has 8 nitrogen and oxygen atoms in total. The second-order valence-corrected chi connectivity index (χ2v) is 17.0. The average molecular weight is 630 g/mol. The van der Waals surface area contributed by atoms with E-state index >= 15 is 0 Å². The molecule has 1 aromatic heterocycles. The molecule has 10 rings (SSSR count). The van der Waals surface area contributed by atoms with Gasteiger partial charge in [0.05, 0.1) is 17.1 Å². The second-order valence-electron chi connectivity index (χ2n) is 17.0. The Bertz CT molecular complexity index is 1780. The minimum atomic E-state index is -1.05. The maximum atomic E-state index is 12.8. The summed E-state index contributed by atoms with van der Waals surface area (Å²) in [6.45, 7) is 19.4. The fourth-order valence-corrected chi connectivity index (χ4v) is 12.7. The number of aliphatic hydroxyl groups is 2. The second kappa shape index (κ2) is 8.21. The number of aromatic nitrogens is 1. The van der Waals surface area contributed by atoms with E-state index in [1.54, 1.807) is 7.11 Å². The standard InChI is InChI=1S/C38H47NO7/c1-17(2)29-28(40)31-38(44-31)22-11-14-36(42-8)35(7,34(22,6)13-12-24(38)43-29)30-26-25-21(39-30)10-9-19-15-18(3)20-16-23(37(20,41)27(19)25)33(4,5)45-32(26)46-36/h9-10,20,22-24,28-29,31-32,39-41H,1,3,11-16H2,2,4-8H3/t20-,22?,23-,24?,28+,29-,31-,32+,34+,35-,36+,37-,38+/m1/s1. The molecule has 4 aliphatic heterocycles. The van der Waals surface area contributed by atoms with Crippen LogP contribution in [0.5, 0.6) is 0 Å². The number of fused-ring (bicyclic) bond motifs is 4. The molecule has 3 N–H and O–H groups in total. The van der Waals surface area contributed by atoms with Crippen LogP contribution in [-0.2, 0) is 41.1 Å². The summed E-state index contributed by atoms with van der Waals surface area (Å²) in [5, 5.41) is 25.3. The molecular weight excluding hydrogens is 582 g/mol. The number of hydrogen-bond donors (Lipinski definition) is 3. The lowest BCUT2D eigenvalue weighted by molar-refractivity contribution is -0.399. The third kappa shape index (κ3) is 2.79. The van der Waals surface area contributed by atoms with E-state index in [2.05, 4.69) is 58.0 Å². The first-order valence-electron chi connectivity index (χ1n) is 17.4. The Morgan fingerprint density at radius 1 is 1.07 bits per heavy atom. The van der Waals surface area contributed by atoms with Gasteiger partial charge in [-0.1, -0.05) is 31.7 Å². The zero-order valence-electron chi connectivity index (χ0n) is 27.9. The number of hydrogen-bond acceptors (Lipinski definition) is 7. The van der Waals surface area contributed by atoms with E-state index in [0.29, 0.717) is 6.42 Å². The molecule has 5 fully saturated rings. The lowest BCUT2D eigenvalue weighted by atomic mass is 9.41. The van der Waals surface area contributed by atoms with Gasteiger partial charge < -0.3 is 38.9 Å². The highest BCUT2D eigenvalue weighted by atomic mass is 16.8. The smallest absolute Gasteiger partial charge is 0.190 e. The number of benzene rings is 1. The summed E-state index contributed by atoms with van der Waals surface area (Å²) in [6, 6.07) is 4.35. The summed E-state index contributed by atoms with van der Waals surface area (Å²) in [6.07, 6.45) is 2.55. The summed E-state index contributed by atoms with van der Waals surface area (Å²) in [5.74, 6) is -0.958. The average Bonchev–Trinajstić information content (AvgIpc) is 3.61. The van der Waals surface area contributed by atoms with Crippen molar-refractivity contribution in [3.05, 3.63) is 58.8 Å². The predicted molar refractivity (Wildman–Crippen MR) is 170 cm³/mol. The third-order valence-electron chi connectivity index (χ3n) is 15.1. The summed E-state index contributed by atoms with van der Waals surface area (Å²) >= 11 is 0. The molecule has 4 aliphatic carbocycles. The highest BCUT2D eigenvalue weighted by Gasteiger charge is 2.82. The zero-order valence-corrected chi connectivity index (χ0v) is 27.9. The van der Waals surface area contributed by atoms with Crippen LogP contribution in [0.15, 0.2) is 36.4 Å². The number of ether oxygens (including phenoxy) is 5. The van der Waals surface area contributed by atoms with Gasteiger partial charge in [0.15, 0.2) is 12.1 Å². The number of nitrogens with one attached hydrogen (secondary N) is 1. The van der Waals surface area contributed by atoms with Gasteiger partial charge in [0.1, 0.15) is 29.5 Å². The molecule has 46 heavy (non-hydrogen) atoms. The molecule has 8 heteroatoms. The highest BCUT2D eigenvalue weighted by molar-refractivity contribution is 5.92. The van der Waals surface area contributed by atoms with E-state index in [1.165, 1.54) is 0 Å². The maximum absolute atomic E-state index is 12.8. The lowest BCUT2D eigenvalue weighted by Gasteiger charge is -2.68. The molecule has 1 aromatic carbocycles. The molecular formula is C38H47NO7. The van der Waals surface area contributed by atoms with Gasteiger partial charge in [-0.05, 0) is 93.9 Å². The Hall–Kier alpha value is -2.04. The van der Waals surface area contributed by atoms with E-state index in [4.69, 9.17) is 23.7 Å². The number of epoxide rings is 1.